The van der Waals surface area contributed by atoms with Crippen LogP contribution < -0.4 is 4.74 Å². The maximum Gasteiger partial charge on any atom is 0.243 e. The lowest BCUT2D eigenvalue weighted by Crippen LogP contribution is -2.48. The van der Waals surface area contributed by atoms with E-state index >= 15 is 0 Å². The van der Waals surface area contributed by atoms with Gasteiger partial charge >= 0.3 is 0 Å². The summed E-state index contributed by atoms with van der Waals surface area (Å²) >= 11 is 0. The van der Waals surface area contributed by atoms with Crippen molar-refractivity contribution in [2.45, 2.75) is 25.7 Å². The SMILES string of the molecule is CCN1CCN(S(=O)(=O)c2ccc(OC)c(C)c2C)CC1. The van der Waals surface area contributed by atoms with Crippen molar-refractivity contribution >= 4 is 10.0 Å². The highest BCUT2D eigenvalue weighted by Crippen LogP contribution is 2.29. The summed E-state index contributed by atoms with van der Waals surface area (Å²) in [7, 11) is -1.82. The van der Waals surface area contributed by atoms with Crippen LogP contribution in [0.2, 0.25) is 0 Å². The van der Waals surface area contributed by atoms with Crippen LogP contribution in [0.1, 0.15) is 18.1 Å². The molecule has 0 N–H and O–H groups in total. The summed E-state index contributed by atoms with van der Waals surface area (Å²) < 4.78 is 32.5. The van der Waals surface area contributed by atoms with Crippen molar-refractivity contribution in [3.8, 4) is 5.75 Å². The minimum atomic E-state index is -3.42. The molecular formula is C15H24N2O3S. The standard InChI is InChI=1S/C15H24N2O3S/c1-5-16-8-10-17(11-9-16)21(18,19)15-7-6-14(20-4)12(2)13(15)3/h6-7H,5,8-11H2,1-4H3. The zero-order valence-corrected chi connectivity index (χ0v) is 14.0. The normalized spacial score (nSPS) is 17.9. The predicted molar refractivity (Wildman–Crippen MR) is 83.3 cm³/mol. The van der Waals surface area contributed by atoms with Crippen LogP contribution in [0, 0.1) is 13.8 Å². The van der Waals surface area contributed by atoms with Crippen molar-refractivity contribution in [1.29, 1.82) is 0 Å². The molecule has 0 unspecified atom stereocenters. The first kappa shape index (κ1) is 16.3. The third-order valence-corrected chi connectivity index (χ3v) is 6.35. The van der Waals surface area contributed by atoms with Crippen LogP contribution in [-0.4, -0.2) is 57.5 Å². The number of piperazine rings is 1. The van der Waals surface area contributed by atoms with Crippen molar-refractivity contribution in [3.05, 3.63) is 23.3 Å². The second-order valence-corrected chi connectivity index (χ2v) is 7.26. The number of likely N-dealkylation sites (N-methyl/N-ethyl adjacent to an activating group) is 1. The van der Waals surface area contributed by atoms with Crippen LogP contribution in [-0.2, 0) is 10.0 Å². The Morgan fingerprint density at radius 2 is 1.71 bits per heavy atom. The molecule has 1 aliphatic rings. The fourth-order valence-corrected chi connectivity index (χ4v) is 4.40. The van der Waals surface area contributed by atoms with E-state index < -0.39 is 10.0 Å². The van der Waals surface area contributed by atoms with Gasteiger partial charge < -0.3 is 9.64 Å². The molecule has 1 fully saturated rings. The second kappa shape index (κ2) is 6.34. The number of benzene rings is 1. The smallest absolute Gasteiger partial charge is 0.243 e. The summed E-state index contributed by atoms with van der Waals surface area (Å²) in [6, 6.07) is 3.39. The Hall–Kier alpha value is -1.11. The maximum absolute atomic E-state index is 12.8. The number of hydrogen-bond acceptors (Lipinski definition) is 4. The van der Waals surface area contributed by atoms with Gasteiger partial charge in [-0.1, -0.05) is 6.92 Å². The van der Waals surface area contributed by atoms with Gasteiger partial charge in [0.2, 0.25) is 10.0 Å². The molecule has 0 saturated carbocycles. The minimum Gasteiger partial charge on any atom is -0.496 e. The van der Waals surface area contributed by atoms with Crippen LogP contribution in [0.4, 0.5) is 0 Å². The molecule has 0 spiro atoms. The Balaban J connectivity index is 2.31. The average molecular weight is 312 g/mol. The highest BCUT2D eigenvalue weighted by molar-refractivity contribution is 7.89. The lowest BCUT2D eigenvalue weighted by molar-refractivity contribution is 0.196. The van der Waals surface area contributed by atoms with Crippen molar-refractivity contribution in [2.75, 3.05) is 39.8 Å². The van der Waals surface area contributed by atoms with Gasteiger partial charge in [0.05, 0.1) is 12.0 Å². The number of rotatable bonds is 4. The zero-order chi connectivity index (χ0) is 15.6. The summed E-state index contributed by atoms with van der Waals surface area (Å²) in [5, 5.41) is 0. The molecule has 0 radical (unpaired) electrons. The fourth-order valence-electron chi connectivity index (χ4n) is 2.70. The van der Waals surface area contributed by atoms with Crippen LogP contribution in [0.25, 0.3) is 0 Å². The van der Waals surface area contributed by atoms with Gasteiger partial charge in [-0.15, -0.1) is 0 Å². The van der Waals surface area contributed by atoms with Crippen molar-refractivity contribution in [2.24, 2.45) is 0 Å². The Kier molecular flexibility index (Phi) is 4.91. The van der Waals surface area contributed by atoms with Gasteiger partial charge in [0.25, 0.3) is 0 Å². The molecular weight excluding hydrogens is 288 g/mol. The molecule has 1 aromatic rings. The molecule has 0 bridgehead atoms. The fraction of sp³-hybridized carbons (Fsp3) is 0.600. The molecule has 1 aliphatic heterocycles. The molecule has 1 aromatic carbocycles. The van der Waals surface area contributed by atoms with Gasteiger partial charge in [-0.05, 0) is 43.7 Å². The van der Waals surface area contributed by atoms with Gasteiger partial charge in [-0.25, -0.2) is 8.42 Å². The Morgan fingerprint density at radius 3 is 2.24 bits per heavy atom. The second-order valence-electron chi connectivity index (χ2n) is 5.35. The third kappa shape index (κ3) is 3.07. The van der Waals surface area contributed by atoms with Gasteiger partial charge in [-0.2, -0.15) is 4.31 Å². The molecule has 5 nitrogen and oxygen atoms in total. The monoisotopic (exact) mass is 312 g/mol. The van der Waals surface area contributed by atoms with E-state index in [1.807, 2.05) is 13.8 Å². The molecule has 118 valence electrons. The highest BCUT2D eigenvalue weighted by atomic mass is 32.2. The summed E-state index contributed by atoms with van der Waals surface area (Å²) in [4.78, 5) is 2.66. The number of hydrogen-bond donors (Lipinski definition) is 0. The van der Waals surface area contributed by atoms with Crippen LogP contribution in [0.3, 0.4) is 0 Å². The summed E-state index contributed by atoms with van der Waals surface area (Å²) in [5.41, 5.74) is 1.65. The number of nitrogens with zero attached hydrogens (tertiary/aromatic N) is 2. The van der Waals surface area contributed by atoms with Crippen molar-refractivity contribution in [3.63, 3.8) is 0 Å². The van der Waals surface area contributed by atoms with E-state index in [2.05, 4.69) is 11.8 Å². The van der Waals surface area contributed by atoms with E-state index in [0.717, 1.165) is 36.5 Å². The molecule has 0 atom stereocenters. The molecule has 1 saturated heterocycles. The third-order valence-electron chi connectivity index (χ3n) is 4.30. The van der Waals surface area contributed by atoms with Crippen LogP contribution in [0.15, 0.2) is 17.0 Å². The quantitative estimate of drug-likeness (QED) is 0.848. The van der Waals surface area contributed by atoms with E-state index in [1.165, 1.54) is 0 Å². The van der Waals surface area contributed by atoms with E-state index in [9.17, 15) is 8.42 Å². The van der Waals surface area contributed by atoms with Crippen molar-refractivity contribution in [1.82, 2.24) is 9.21 Å². The minimum absolute atomic E-state index is 0.394. The first-order valence-electron chi connectivity index (χ1n) is 7.28. The molecule has 0 aromatic heterocycles. The molecule has 0 amide bonds. The molecule has 1 heterocycles. The predicted octanol–water partition coefficient (Wildman–Crippen LogP) is 1.64. The number of sulfonamides is 1. The molecule has 0 aliphatic carbocycles. The number of methoxy groups -OCH3 is 1. The van der Waals surface area contributed by atoms with E-state index in [4.69, 9.17) is 4.74 Å². The van der Waals surface area contributed by atoms with E-state index in [0.29, 0.717) is 18.0 Å². The van der Waals surface area contributed by atoms with Crippen molar-refractivity contribution < 1.29 is 13.2 Å². The molecule has 2 rings (SSSR count). The lowest BCUT2D eigenvalue weighted by Gasteiger charge is -2.33. The molecule has 6 heteroatoms. The van der Waals surface area contributed by atoms with Gasteiger partial charge in [0, 0.05) is 26.2 Å². The average Bonchev–Trinajstić information content (AvgIpc) is 2.49. The first-order valence-corrected chi connectivity index (χ1v) is 8.72. The summed E-state index contributed by atoms with van der Waals surface area (Å²) in [6.07, 6.45) is 0. The van der Waals surface area contributed by atoms with Gasteiger partial charge in [0.1, 0.15) is 5.75 Å². The van der Waals surface area contributed by atoms with E-state index in [1.54, 1.807) is 23.5 Å². The Bertz CT molecular complexity index is 606. The van der Waals surface area contributed by atoms with Gasteiger partial charge in [0.15, 0.2) is 0 Å². The van der Waals surface area contributed by atoms with Crippen LogP contribution >= 0.6 is 0 Å². The topological polar surface area (TPSA) is 49.9 Å². The maximum atomic E-state index is 12.8. The van der Waals surface area contributed by atoms with E-state index in [-0.39, 0.29) is 0 Å². The highest BCUT2D eigenvalue weighted by Gasteiger charge is 2.29. The number of ether oxygens (including phenoxy) is 1. The summed E-state index contributed by atoms with van der Waals surface area (Å²) in [5.74, 6) is 0.724. The molecule has 21 heavy (non-hydrogen) atoms. The Morgan fingerprint density at radius 1 is 1.10 bits per heavy atom. The largest absolute Gasteiger partial charge is 0.496 e. The van der Waals surface area contributed by atoms with Gasteiger partial charge in [-0.3, -0.25) is 0 Å². The lowest BCUT2D eigenvalue weighted by atomic mass is 10.1. The Labute approximate surface area is 127 Å². The summed E-state index contributed by atoms with van der Waals surface area (Å²) in [6.45, 7) is 9.50. The zero-order valence-electron chi connectivity index (χ0n) is 13.2. The van der Waals surface area contributed by atoms with Crippen LogP contribution in [0.5, 0.6) is 5.75 Å². The first-order chi connectivity index (χ1) is 9.91.